The minimum atomic E-state index is 0.804. The zero-order valence-electron chi connectivity index (χ0n) is 36.0. The van der Waals surface area contributed by atoms with E-state index in [-0.39, 0.29) is 0 Å². The molecule has 0 saturated carbocycles. The van der Waals surface area contributed by atoms with Crippen LogP contribution in [0, 0.1) is 0 Å². The van der Waals surface area contributed by atoms with E-state index in [1.165, 1.54) is 88.3 Å². The van der Waals surface area contributed by atoms with Gasteiger partial charge in [0.1, 0.15) is 22.3 Å². The minimum absolute atomic E-state index is 0.804. The predicted molar refractivity (Wildman–Crippen MR) is 275 cm³/mol. The number of benzene rings is 11. The van der Waals surface area contributed by atoms with Crippen molar-refractivity contribution in [2.45, 2.75) is 12.8 Å². The Morgan fingerprint density at radius 3 is 1.20 bits per heavy atom. The average Bonchev–Trinajstić information content (AvgIpc) is 3.94. The third kappa shape index (κ3) is 5.68. The zero-order valence-corrected chi connectivity index (χ0v) is 36.0. The van der Waals surface area contributed by atoms with E-state index in [2.05, 4.69) is 206 Å². The molecule has 11 aromatic carbocycles. The van der Waals surface area contributed by atoms with Crippen LogP contribution in [0.4, 0.5) is 0 Å². The molecule has 0 atom stereocenters. The molecule has 0 amide bonds. The van der Waals surface area contributed by atoms with Crippen molar-refractivity contribution in [3.63, 3.8) is 0 Å². The van der Waals surface area contributed by atoms with Gasteiger partial charge in [-0.2, -0.15) is 0 Å². The molecule has 0 radical (unpaired) electrons. The van der Waals surface area contributed by atoms with Crippen molar-refractivity contribution in [3.8, 4) is 55.6 Å². The van der Waals surface area contributed by atoms with Gasteiger partial charge in [0, 0.05) is 21.5 Å². The summed E-state index contributed by atoms with van der Waals surface area (Å²) in [5.41, 5.74) is 21.3. The van der Waals surface area contributed by atoms with Crippen LogP contribution >= 0.6 is 0 Å². The molecule has 0 aliphatic heterocycles. The van der Waals surface area contributed by atoms with Crippen LogP contribution in [0.3, 0.4) is 0 Å². The molecular formula is C64H40O2. The maximum Gasteiger partial charge on any atom is 0.135 e. The highest BCUT2D eigenvalue weighted by molar-refractivity contribution is 6.21. The summed E-state index contributed by atoms with van der Waals surface area (Å²) >= 11 is 0. The average molecular weight is 841 g/mol. The van der Waals surface area contributed by atoms with E-state index in [0.717, 1.165) is 67.8 Å². The quantitative estimate of drug-likeness (QED) is 0.166. The fraction of sp³-hybridized carbons (Fsp3) is 0.0312. The number of hydrogen-bond acceptors (Lipinski definition) is 2. The molecule has 1 aliphatic carbocycles. The molecule has 0 N–H and O–H groups in total. The number of furan rings is 2. The molecule has 2 nitrogen and oxygen atoms in total. The van der Waals surface area contributed by atoms with Gasteiger partial charge in [0.2, 0.25) is 0 Å². The van der Waals surface area contributed by atoms with Crippen LogP contribution < -0.4 is 0 Å². The predicted octanol–water partition coefficient (Wildman–Crippen LogP) is 17.6. The molecular weight excluding hydrogens is 801 g/mol. The van der Waals surface area contributed by atoms with Crippen molar-refractivity contribution in [1.29, 1.82) is 0 Å². The van der Waals surface area contributed by atoms with Gasteiger partial charge in [0.05, 0.1) is 0 Å². The Bertz CT molecular complexity index is 3950. The van der Waals surface area contributed by atoms with E-state index in [1.807, 2.05) is 12.1 Å². The summed E-state index contributed by atoms with van der Waals surface area (Å²) in [5.74, 6) is 0. The number of fused-ring (bicyclic) bond motifs is 14. The number of para-hydroxylation sites is 2. The molecule has 66 heavy (non-hydrogen) atoms. The first-order valence-electron chi connectivity index (χ1n) is 22.9. The first-order chi connectivity index (χ1) is 32.7. The second-order valence-electron chi connectivity index (χ2n) is 17.8. The van der Waals surface area contributed by atoms with E-state index >= 15 is 0 Å². The summed E-state index contributed by atoms with van der Waals surface area (Å²) in [6.45, 7) is 0. The SMILES string of the molecule is c1ccc2c(c1)Cc1ccccc1-c1c(cccc1-c1c3cccc(-c4ccc5oc6ccccc6c5c4)c3cc3c(-c4ccc5oc6ccccc6c5c4)cccc13)Cc1ccccc1-2. The molecule has 1 aliphatic rings. The highest BCUT2D eigenvalue weighted by Crippen LogP contribution is 2.49. The molecule has 0 spiro atoms. The van der Waals surface area contributed by atoms with Gasteiger partial charge in [-0.25, -0.2) is 0 Å². The highest BCUT2D eigenvalue weighted by Gasteiger charge is 2.24. The zero-order chi connectivity index (χ0) is 43.3. The van der Waals surface area contributed by atoms with Crippen LogP contribution in [0.15, 0.2) is 227 Å². The lowest BCUT2D eigenvalue weighted by Crippen LogP contribution is -2.04. The summed E-state index contributed by atoms with van der Waals surface area (Å²) in [7, 11) is 0. The van der Waals surface area contributed by atoms with Gasteiger partial charge < -0.3 is 8.83 Å². The monoisotopic (exact) mass is 840 g/mol. The largest absolute Gasteiger partial charge is 0.456 e. The summed E-state index contributed by atoms with van der Waals surface area (Å²) in [4.78, 5) is 0. The first-order valence-corrected chi connectivity index (χ1v) is 22.9. The fourth-order valence-corrected chi connectivity index (χ4v) is 11.2. The molecule has 2 heteroatoms. The van der Waals surface area contributed by atoms with Crippen LogP contribution in [0.5, 0.6) is 0 Å². The molecule has 2 aromatic heterocycles. The Morgan fingerprint density at radius 2 is 0.621 bits per heavy atom. The smallest absolute Gasteiger partial charge is 0.135 e. The van der Waals surface area contributed by atoms with E-state index in [0.29, 0.717) is 0 Å². The van der Waals surface area contributed by atoms with Gasteiger partial charge in [-0.1, -0.05) is 176 Å². The minimum Gasteiger partial charge on any atom is -0.456 e. The summed E-state index contributed by atoms with van der Waals surface area (Å²) in [6, 6.07) is 80.4. The Balaban J connectivity index is 1.09. The van der Waals surface area contributed by atoms with Gasteiger partial charge in [-0.05, 0) is 155 Å². The van der Waals surface area contributed by atoms with E-state index < -0.39 is 0 Å². The lowest BCUT2D eigenvalue weighted by molar-refractivity contribution is 0.668. The first kappa shape index (κ1) is 37.0. The molecule has 0 unspecified atom stereocenters. The Labute approximate surface area is 381 Å². The fourth-order valence-electron chi connectivity index (χ4n) is 11.2. The van der Waals surface area contributed by atoms with Crippen molar-refractivity contribution < 1.29 is 8.83 Å². The molecule has 308 valence electrons. The highest BCUT2D eigenvalue weighted by atomic mass is 16.3. The molecule has 0 saturated heterocycles. The number of rotatable bonds is 3. The van der Waals surface area contributed by atoms with Gasteiger partial charge in [-0.3, -0.25) is 0 Å². The molecule has 14 rings (SSSR count). The third-order valence-corrected chi connectivity index (χ3v) is 14.2. The Morgan fingerprint density at radius 1 is 0.227 bits per heavy atom. The van der Waals surface area contributed by atoms with Gasteiger partial charge >= 0.3 is 0 Å². The lowest BCUT2D eigenvalue weighted by Gasteiger charge is -2.24. The van der Waals surface area contributed by atoms with Gasteiger partial charge in [-0.15, -0.1) is 0 Å². The molecule has 13 aromatic rings. The van der Waals surface area contributed by atoms with Crippen LogP contribution in [0.1, 0.15) is 22.3 Å². The maximum absolute atomic E-state index is 6.33. The lowest BCUT2D eigenvalue weighted by atomic mass is 9.79. The maximum atomic E-state index is 6.33. The normalized spacial score (nSPS) is 12.4. The van der Waals surface area contributed by atoms with Crippen molar-refractivity contribution in [2.75, 3.05) is 0 Å². The van der Waals surface area contributed by atoms with Crippen molar-refractivity contribution in [2.24, 2.45) is 0 Å². The van der Waals surface area contributed by atoms with Gasteiger partial charge in [0.15, 0.2) is 0 Å². The van der Waals surface area contributed by atoms with E-state index in [4.69, 9.17) is 8.83 Å². The Hall–Kier alpha value is -8.46. The second-order valence-corrected chi connectivity index (χ2v) is 17.8. The summed E-state index contributed by atoms with van der Waals surface area (Å²) in [5, 5.41) is 9.36. The third-order valence-electron chi connectivity index (χ3n) is 14.2. The second kappa shape index (κ2) is 14.5. The summed E-state index contributed by atoms with van der Waals surface area (Å²) in [6.07, 6.45) is 1.63. The number of hydrogen-bond donors (Lipinski definition) is 0. The van der Waals surface area contributed by atoms with Crippen molar-refractivity contribution in [1.82, 2.24) is 0 Å². The van der Waals surface area contributed by atoms with Crippen LogP contribution in [0.25, 0.3) is 121 Å². The topological polar surface area (TPSA) is 26.3 Å². The van der Waals surface area contributed by atoms with E-state index in [9.17, 15) is 0 Å². The van der Waals surface area contributed by atoms with Gasteiger partial charge in [0.25, 0.3) is 0 Å². The standard InChI is InChI=1S/C64H40O2/c1-4-18-45-39(14-1)34-41-16-3-6-20-49(41)63-44(35-40-15-2-5-19-46(40)45)17-11-27-54(63)64-52-25-12-23-47(42-30-32-61-57(36-42)50-21-7-9-28-59(50)65-61)55(52)38-56-48(24-13-26-53(56)64)43-31-33-62-58(37-43)51-22-8-10-29-60(51)66-62/h1-33,36-38H,34-35H2. The van der Waals surface area contributed by atoms with E-state index in [1.54, 1.807) is 0 Å². The van der Waals surface area contributed by atoms with Crippen molar-refractivity contribution in [3.05, 3.63) is 241 Å². The summed E-state index contributed by atoms with van der Waals surface area (Å²) < 4.78 is 12.7. The van der Waals surface area contributed by atoms with Crippen LogP contribution in [0.2, 0.25) is 0 Å². The van der Waals surface area contributed by atoms with Crippen molar-refractivity contribution >= 4 is 65.4 Å². The molecule has 2 heterocycles. The van der Waals surface area contributed by atoms with Crippen LogP contribution in [-0.4, -0.2) is 0 Å². The molecule has 0 bridgehead atoms. The molecule has 0 fully saturated rings. The van der Waals surface area contributed by atoms with Crippen LogP contribution in [-0.2, 0) is 12.8 Å². The Kier molecular flexibility index (Phi) is 8.14.